The summed E-state index contributed by atoms with van der Waals surface area (Å²) < 4.78 is 79.0. The van der Waals surface area contributed by atoms with E-state index in [2.05, 4.69) is 142 Å². The van der Waals surface area contributed by atoms with Crippen LogP contribution in [0.5, 0.6) is 0 Å². The fourth-order valence-corrected chi connectivity index (χ4v) is 14.3. The molecule has 2 amide bonds. The number of aliphatic hydroxyl groups is 12. The zero-order chi connectivity index (χ0) is 110. The fourth-order valence-electron chi connectivity index (χ4n) is 14.3. The molecule has 2 aliphatic heterocycles. The van der Waals surface area contributed by atoms with Crippen molar-refractivity contribution in [3.05, 3.63) is 23.8 Å². The maximum absolute atomic E-state index is 12.7. The molecule has 18 unspecified atom stereocenters. The zero-order valence-electron chi connectivity index (χ0n) is 93.2. The smallest absolute Gasteiger partial charge is 0.245 e. The van der Waals surface area contributed by atoms with E-state index in [1.54, 1.807) is 38.7 Å². The number of Topliss-reactive ketones (excluding diaryl/α,β-unsaturated/α-hetero) is 2. The molecule has 2 aromatic heterocycles. The van der Waals surface area contributed by atoms with E-state index in [4.69, 9.17) is 66.3 Å². The number of nitrogens with one attached hydrogen (secondary N) is 3. The molecule has 0 saturated carbocycles. The van der Waals surface area contributed by atoms with Gasteiger partial charge in [0.1, 0.15) is 67.6 Å². The normalized spacial score (nSPS) is 19.8. The molecule has 15 N–H and O–H groups in total. The highest BCUT2D eigenvalue weighted by molar-refractivity contribution is 5.89. The van der Waals surface area contributed by atoms with Crippen LogP contribution >= 0.6 is 0 Å². The number of likely N-dealkylation sites (N-methyl/N-ethyl adjacent to an activating group) is 2. The van der Waals surface area contributed by atoms with Gasteiger partial charge in [0, 0.05) is 58.4 Å². The van der Waals surface area contributed by atoms with E-state index >= 15 is 0 Å². The van der Waals surface area contributed by atoms with Gasteiger partial charge >= 0.3 is 0 Å². The lowest BCUT2D eigenvalue weighted by molar-refractivity contribution is -0.292. The lowest BCUT2D eigenvalue weighted by atomic mass is 9.96. The van der Waals surface area contributed by atoms with Crippen molar-refractivity contribution in [2.45, 2.75) is 330 Å². The quantitative estimate of drug-likeness (QED) is 0.0422. The molecule has 0 aromatic carbocycles. The molecular formula is C103H205N13O30. The van der Waals surface area contributed by atoms with Crippen molar-refractivity contribution < 1.29 is 147 Å². The van der Waals surface area contributed by atoms with Crippen LogP contribution in [0.2, 0.25) is 0 Å². The highest BCUT2D eigenvalue weighted by Crippen LogP contribution is 2.29. The summed E-state index contributed by atoms with van der Waals surface area (Å²) >= 11 is 0. The minimum absolute atomic E-state index is 0.0308. The van der Waals surface area contributed by atoms with Gasteiger partial charge in [-0.3, -0.25) is 19.2 Å². The van der Waals surface area contributed by atoms with Crippen molar-refractivity contribution in [1.82, 2.24) is 65.5 Å². The van der Waals surface area contributed by atoms with Crippen LogP contribution in [0.25, 0.3) is 0 Å². The molecule has 0 bridgehead atoms. The first-order valence-corrected chi connectivity index (χ1v) is 53.7. The number of ketones is 2. The van der Waals surface area contributed by atoms with Gasteiger partial charge in [-0.1, -0.05) is 114 Å². The van der Waals surface area contributed by atoms with Gasteiger partial charge in [-0.25, -0.2) is 9.36 Å². The summed E-state index contributed by atoms with van der Waals surface area (Å²) in [5.41, 5.74) is 1.62. The van der Waals surface area contributed by atoms with Gasteiger partial charge < -0.3 is 163 Å². The van der Waals surface area contributed by atoms with Gasteiger partial charge in [-0.2, -0.15) is 0 Å². The average molecular weight is 2110 g/mol. The predicted octanol–water partition coefficient (Wildman–Crippen LogP) is 3.31. The molecule has 2 aliphatic rings. The van der Waals surface area contributed by atoms with Crippen LogP contribution in [0.1, 0.15) is 224 Å². The Labute approximate surface area is 874 Å². The Balaban J connectivity index is 0.00000200. The van der Waals surface area contributed by atoms with E-state index in [0.717, 1.165) is 141 Å². The predicted molar refractivity (Wildman–Crippen MR) is 557 cm³/mol. The molecule has 18 atom stereocenters. The zero-order valence-corrected chi connectivity index (χ0v) is 93.2. The Kier molecular flexibility index (Phi) is 86.8. The SMILES string of the molecule is CC(=O)C1OC(n2cc(CCCN(C)CCC(C)C)nn2)C(O)C(O)C1O.CCC(O)C(O)C(O)CCN(C)CCC(C)C.CCC(O)C(O)C(O)CN(C)CCC(C)C.CCCCOCCOCCOCCOCCOCCOCCOCCOCCOCCOCCOCC(=O)NCCCCC(NC)C(=O)CC(C)C(=O)NCCC(C)C.COC1OC(Cn2cc(CCCN(C)CCC(C)C)nn2)C(O)C(O)C1O. The molecule has 0 aliphatic carbocycles. The summed E-state index contributed by atoms with van der Waals surface area (Å²) in [5.74, 6) is 2.18. The Bertz CT molecular complexity index is 3370. The monoisotopic (exact) mass is 2100 g/mol. The van der Waals surface area contributed by atoms with Gasteiger partial charge in [0.25, 0.3) is 0 Å². The Hall–Kier alpha value is -4.68. The first-order chi connectivity index (χ1) is 69.6. The Morgan fingerprint density at radius 2 is 0.829 bits per heavy atom. The number of carbonyl (C=O) groups is 4. The van der Waals surface area contributed by atoms with Gasteiger partial charge in [-0.05, 0) is 214 Å². The summed E-state index contributed by atoms with van der Waals surface area (Å²) in [4.78, 5) is 57.3. The lowest BCUT2D eigenvalue weighted by Gasteiger charge is -2.39. The number of unbranched alkanes of at least 4 members (excludes halogenated alkanes) is 2. The molecule has 4 heterocycles. The van der Waals surface area contributed by atoms with Gasteiger partial charge in [0.15, 0.2) is 24.1 Å². The molecular weight excluding hydrogens is 1900 g/mol. The van der Waals surface area contributed by atoms with Gasteiger partial charge in [-0.15, -0.1) is 10.2 Å². The van der Waals surface area contributed by atoms with E-state index < -0.39 is 104 Å². The van der Waals surface area contributed by atoms with Crippen molar-refractivity contribution in [1.29, 1.82) is 0 Å². The summed E-state index contributed by atoms with van der Waals surface area (Å²) in [6, 6.07) is -0.308. The van der Waals surface area contributed by atoms with E-state index in [9.17, 15) is 80.5 Å². The number of aromatic nitrogens is 6. The standard InChI is InChI=1S/C42H83N3O14.C18H34N4O5.C18H32N4O5.C13H29NO3.C12H27NO3/c1-6-7-14-49-15-16-50-17-18-51-19-20-52-21-22-53-23-24-54-25-26-55-27-28-56-29-30-57-31-32-58-33-34-59-36-41(47)44-12-9-8-10-39(43-5)40(46)35-38(4)42(48)45-13-11-37(2)3;1-12(2)7-9-21(3)8-5-6-13-10-22(20-19-13)11-14-15(23)16(24)17(25)18(26-4)27-14;1-11(2)7-9-21(4)8-5-6-13-10-22(20-19-13)18-16(26)14(24)15(25)17(27-18)12(3)23;1-5-11(15)13(17)12(16)7-9-14(4)8-6-10(2)3;1-5-10(14)12(16)11(15)8-13(4)7-6-9(2)3/h37-39,43H,6-36H2,1-5H3,(H,44,47)(H,45,48);10,12,14-18,23-25H,5-9,11H2,1-4H3;10-11,14-18,24-26H,5-9H2,1-4H3;10-13,15-17H,5-9H2,1-4H3;9-12,14-16H,5-8H2,1-4H3. The maximum atomic E-state index is 12.7. The number of ether oxygens (including phenoxy) is 14. The highest BCUT2D eigenvalue weighted by atomic mass is 16.7. The summed E-state index contributed by atoms with van der Waals surface area (Å²) in [7, 11) is 11.3. The molecule has 2 saturated heterocycles. The molecule has 862 valence electrons. The number of methoxy groups -OCH3 is 1. The van der Waals surface area contributed by atoms with E-state index in [1.807, 2.05) is 25.2 Å². The van der Waals surface area contributed by atoms with Gasteiger partial charge in [0.05, 0.1) is 187 Å². The molecule has 4 rings (SSSR count). The first-order valence-electron chi connectivity index (χ1n) is 53.7. The number of aliphatic hydroxyl groups excluding tert-OH is 12. The van der Waals surface area contributed by atoms with Crippen LogP contribution < -0.4 is 16.0 Å². The minimum Gasteiger partial charge on any atom is -0.390 e. The minimum atomic E-state index is -1.50. The van der Waals surface area contributed by atoms with E-state index in [1.165, 1.54) is 25.1 Å². The second kappa shape index (κ2) is 89.6. The van der Waals surface area contributed by atoms with Crippen LogP contribution in [-0.4, -0.2) is 485 Å². The Morgan fingerprint density at radius 1 is 0.425 bits per heavy atom. The molecule has 2 aromatic rings. The second-order valence-corrected chi connectivity index (χ2v) is 40.1. The van der Waals surface area contributed by atoms with Crippen molar-refractivity contribution in [3.8, 4) is 0 Å². The molecule has 43 nitrogen and oxygen atoms in total. The molecule has 43 heteroatoms. The molecule has 146 heavy (non-hydrogen) atoms. The van der Waals surface area contributed by atoms with Crippen LogP contribution in [0.15, 0.2) is 12.4 Å². The third-order valence-electron chi connectivity index (χ3n) is 24.2. The number of hydrogen-bond donors (Lipinski definition) is 15. The second-order valence-electron chi connectivity index (χ2n) is 40.1. The van der Waals surface area contributed by atoms with Crippen molar-refractivity contribution >= 4 is 23.4 Å². The molecule has 2 fully saturated rings. The van der Waals surface area contributed by atoms with Crippen molar-refractivity contribution in [2.75, 3.05) is 253 Å². The third kappa shape index (κ3) is 72.1. The number of aryl methyl sites for hydroxylation is 2. The number of hydrogen-bond acceptors (Lipinski definition) is 39. The van der Waals surface area contributed by atoms with Gasteiger partial charge in [0.2, 0.25) is 11.8 Å². The van der Waals surface area contributed by atoms with Crippen molar-refractivity contribution in [3.63, 3.8) is 0 Å². The third-order valence-corrected chi connectivity index (χ3v) is 24.2. The number of amides is 2. The largest absolute Gasteiger partial charge is 0.390 e. The maximum Gasteiger partial charge on any atom is 0.245 e. The van der Waals surface area contributed by atoms with E-state index in [0.29, 0.717) is 207 Å². The first kappa shape index (κ1) is 141. The number of carbonyl (C=O) groups excluding carboxylic acids is 4. The lowest BCUT2D eigenvalue weighted by Crippen LogP contribution is -2.58. The van der Waals surface area contributed by atoms with Crippen molar-refractivity contribution in [2.24, 2.45) is 35.5 Å². The van der Waals surface area contributed by atoms with Crippen LogP contribution in [0, 0.1) is 35.5 Å². The topological polar surface area (TPSA) is 551 Å². The fraction of sp³-hybridized carbons (Fsp3) is 0.922. The summed E-state index contributed by atoms with van der Waals surface area (Å²) in [5, 5.41) is 142. The molecule has 0 spiro atoms. The van der Waals surface area contributed by atoms with Crippen LogP contribution in [-0.2, 0) is 105 Å². The number of nitrogens with zero attached hydrogens (tertiary/aromatic N) is 10. The van der Waals surface area contributed by atoms with Crippen LogP contribution in [0.4, 0.5) is 0 Å². The average Bonchev–Trinajstić information content (AvgIpc) is 1.48. The Morgan fingerprint density at radius 3 is 1.25 bits per heavy atom. The molecule has 0 radical (unpaired) electrons. The number of rotatable bonds is 84. The van der Waals surface area contributed by atoms with E-state index in [-0.39, 0.29) is 49.1 Å². The highest BCUT2D eigenvalue weighted by Gasteiger charge is 2.47. The summed E-state index contributed by atoms with van der Waals surface area (Å²) in [6.45, 7) is 49.4. The summed E-state index contributed by atoms with van der Waals surface area (Å²) in [6.07, 6.45) is 0.633. The van der Waals surface area contributed by atoms with Crippen LogP contribution in [0.3, 0.4) is 0 Å².